The molecule has 1 fully saturated rings. The summed E-state index contributed by atoms with van der Waals surface area (Å²) in [5, 5.41) is 1.74. The fourth-order valence-corrected chi connectivity index (χ4v) is 3.21. The van der Waals surface area contributed by atoms with Crippen molar-refractivity contribution in [3.63, 3.8) is 0 Å². The highest BCUT2D eigenvalue weighted by molar-refractivity contribution is 8.13. The van der Waals surface area contributed by atoms with E-state index in [1.165, 1.54) is 0 Å². The molecule has 3 nitrogen and oxygen atoms in total. The zero-order valence-corrected chi connectivity index (χ0v) is 13.7. The predicted molar refractivity (Wildman–Crippen MR) is 93.2 cm³/mol. The average Bonchev–Trinajstić information content (AvgIpc) is 2.58. The van der Waals surface area contributed by atoms with Gasteiger partial charge in [-0.1, -0.05) is 41.6 Å². The second kappa shape index (κ2) is 7.68. The summed E-state index contributed by atoms with van der Waals surface area (Å²) in [5.74, 6) is 0. The van der Waals surface area contributed by atoms with Crippen LogP contribution in [0.15, 0.2) is 64.5 Å². The highest BCUT2D eigenvalue weighted by Crippen LogP contribution is 2.26. The van der Waals surface area contributed by atoms with E-state index in [0.29, 0.717) is 0 Å². The molecule has 0 unspecified atom stereocenters. The molecule has 22 heavy (non-hydrogen) atoms. The number of halogens is 1. The quantitative estimate of drug-likeness (QED) is 0.461. The van der Waals surface area contributed by atoms with E-state index in [-0.39, 0.29) is 0 Å². The summed E-state index contributed by atoms with van der Waals surface area (Å²) in [7, 11) is 0. The first-order valence-corrected chi connectivity index (χ1v) is 8.40. The van der Waals surface area contributed by atoms with Gasteiger partial charge < -0.3 is 9.64 Å². The summed E-state index contributed by atoms with van der Waals surface area (Å²) in [5.41, 5.74) is 0.963. The van der Waals surface area contributed by atoms with Crippen molar-refractivity contribution in [1.29, 1.82) is 0 Å². The van der Waals surface area contributed by atoms with Gasteiger partial charge in [-0.05, 0) is 36.4 Å². The normalized spacial score (nSPS) is 15.9. The number of thioether (sulfide) groups is 1. The van der Waals surface area contributed by atoms with Gasteiger partial charge in [0.25, 0.3) is 0 Å². The molecular weight excluding hydrogens is 316 g/mol. The van der Waals surface area contributed by atoms with E-state index in [2.05, 4.69) is 4.90 Å². The van der Waals surface area contributed by atoms with Crippen LogP contribution in [0.3, 0.4) is 0 Å². The zero-order chi connectivity index (χ0) is 15.2. The highest BCUT2D eigenvalue weighted by atomic mass is 35.5. The van der Waals surface area contributed by atoms with Crippen LogP contribution < -0.4 is 0 Å². The Morgan fingerprint density at radius 1 is 1.00 bits per heavy atom. The SMILES string of the molecule is Clc1ccc(SC(=Nc2ccccc2)N2CCOCC2)cc1. The van der Waals surface area contributed by atoms with Crippen LogP contribution in [0, 0.1) is 0 Å². The van der Waals surface area contributed by atoms with Gasteiger partial charge in [0, 0.05) is 23.0 Å². The molecule has 1 saturated heterocycles. The Bertz CT molecular complexity index is 625. The predicted octanol–water partition coefficient (Wildman–Crippen LogP) is 4.45. The van der Waals surface area contributed by atoms with E-state index < -0.39 is 0 Å². The van der Waals surface area contributed by atoms with Crippen LogP contribution in [0.25, 0.3) is 0 Å². The Kier molecular flexibility index (Phi) is 5.38. The van der Waals surface area contributed by atoms with E-state index in [0.717, 1.165) is 47.1 Å². The van der Waals surface area contributed by atoms with E-state index in [4.69, 9.17) is 21.3 Å². The van der Waals surface area contributed by atoms with Crippen molar-refractivity contribution in [2.24, 2.45) is 4.99 Å². The smallest absolute Gasteiger partial charge is 0.169 e. The molecule has 5 heteroatoms. The number of benzene rings is 2. The number of nitrogens with zero attached hydrogens (tertiary/aromatic N) is 2. The van der Waals surface area contributed by atoms with Crippen molar-refractivity contribution < 1.29 is 4.74 Å². The van der Waals surface area contributed by atoms with Gasteiger partial charge in [-0.3, -0.25) is 0 Å². The second-order valence-corrected chi connectivity index (χ2v) is 6.36. The third kappa shape index (κ3) is 4.26. The molecule has 0 aromatic heterocycles. The van der Waals surface area contributed by atoms with E-state index in [9.17, 15) is 0 Å². The molecule has 0 amide bonds. The first-order valence-electron chi connectivity index (χ1n) is 7.21. The minimum absolute atomic E-state index is 0.745. The molecular formula is C17H17ClN2OS. The minimum Gasteiger partial charge on any atom is -0.378 e. The molecule has 0 saturated carbocycles. The standard InChI is InChI=1S/C17H17ClN2OS/c18-14-6-8-16(9-7-14)22-17(20-10-12-21-13-11-20)19-15-4-2-1-3-5-15/h1-9H,10-13H2. The summed E-state index contributed by atoms with van der Waals surface area (Å²) >= 11 is 7.62. The summed E-state index contributed by atoms with van der Waals surface area (Å²) in [6, 6.07) is 17.9. The van der Waals surface area contributed by atoms with E-state index in [1.807, 2.05) is 54.6 Å². The number of para-hydroxylation sites is 1. The maximum absolute atomic E-state index is 5.96. The van der Waals surface area contributed by atoms with Gasteiger partial charge in [-0.2, -0.15) is 0 Å². The lowest BCUT2D eigenvalue weighted by Gasteiger charge is -2.29. The van der Waals surface area contributed by atoms with E-state index in [1.54, 1.807) is 11.8 Å². The molecule has 1 aliphatic rings. The molecule has 2 aromatic rings. The van der Waals surface area contributed by atoms with Gasteiger partial charge in [-0.25, -0.2) is 4.99 Å². The fraction of sp³-hybridized carbons (Fsp3) is 0.235. The summed E-state index contributed by atoms with van der Waals surface area (Å²) < 4.78 is 5.44. The van der Waals surface area contributed by atoms with Crippen LogP contribution in [-0.2, 0) is 4.74 Å². The molecule has 0 aliphatic carbocycles. The molecule has 3 rings (SSSR count). The Hall–Kier alpha value is -1.49. The van der Waals surface area contributed by atoms with Crippen molar-refractivity contribution in [2.45, 2.75) is 4.90 Å². The Morgan fingerprint density at radius 3 is 2.36 bits per heavy atom. The lowest BCUT2D eigenvalue weighted by molar-refractivity contribution is 0.0694. The lowest BCUT2D eigenvalue weighted by Crippen LogP contribution is -2.39. The maximum atomic E-state index is 5.96. The van der Waals surface area contributed by atoms with Gasteiger partial charge in [0.15, 0.2) is 5.17 Å². The Morgan fingerprint density at radius 2 is 1.68 bits per heavy atom. The third-order valence-electron chi connectivity index (χ3n) is 3.29. The van der Waals surface area contributed by atoms with Crippen LogP contribution >= 0.6 is 23.4 Å². The van der Waals surface area contributed by atoms with Crippen LogP contribution in [0.2, 0.25) is 5.02 Å². The number of morpholine rings is 1. The van der Waals surface area contributed by atoms with Crippen LogP contribution in [-0.4, -0.2) is 36.4 Å². The number of hydrogen-bond donors (Lipinski definition) is 0. The Balaban J connectivity index is 1.85. The summed E-state index contributed by atoms with van der Waals surface area (Å²) in [6.45, 7) is 3.22. The van der Waals surface area contributed by atoms with Crippen LogP contribution in [0.4, 0.5) is 5.69 Å². The topological polar surface area (TPSA) is 24.8 Å². The largest absolute Gasteiger partial charge is 0.378 e. The number of ether oxygens (including phenoxy) is 1. The van der Waals surface area contributed by atoms with Crippen molar-refractivity contribution in [1.82, 2.24) is 4.90 Å². The monoisotopic (exact) mass is 332 g/mol. The molecule has 0 bridgehead atoms. The van der Waals surface area contributed by atoms with Gasteiger partial charge >= 0.3 is 0 Å². The van der Waals surface area contributed by atoms with Crippen molar-refractivity contribution in [2.75, 3.05) is 26.3 Å². The molecule has 1 heterocycles. The fourth-order valence-electron chi connectivity index (χ4n) is 2.13. The first kappa shape index (κ1) is 15.4. The molecule has 0 radical (unpaired) electrons. The average molecular weight is 333 g/mol. The lowest BCUT2D eigenvalue weighted by atomic mass is 10.3. The van der Waals surface area contributed by atoms with Crippen LogP contribution in [0.5, 0.6) is 0 Å². The summed E-state index contributed by atoms with van der Waals surface area (Å²) in [4.78, 5) is 8.22. The molecule has 0 atom stereocenters. The van der Waals surface area contributed by atoms with Gasteiger partial charge in [-0.15, -0.1) is 0 Å². The van der Waals surface area contributed by atoms with Crippen molar-refractivity contribution >= 4 is 34.2 Å². The molecule has 2 aromatic carbocycles. The van der Waals surface area contributed by atoms with Gasteiger partial charge in [0.1, 0.15) is 0 Å². The highest BCUT2D eigenvalue weighted by Gasteiger charge is 2.16. The molecule has 0 N–H and O–H groups in total. The molecule has 0 spiro atoms. The zero-order valence-electron chi connectivity index (χ0n) is 12.1. The number of aliphatic imine (C=N–C) groups is 1. The van der Waals surface area contributed by atoms with Gasteiger partial charge in [0.2, 0.25) is 0 Å². The molecule has 114 valence electrons. The molecule has 1 aliphatic heterocycles. The van der Waals surface area contributed by atoms with Crippen LogP contribution in [0.1, 0.15) is 0 Å². The maximum Gasteiger partial charge on any atom is 0.169 e. The van der Waals surface area contributed by atoms with E-state index >= 15 is 0 Å². The van der Waals surface area contributed by atoms with Gasteiger partial charge in [0.05, 0.1) is 18.9 Å². The minimum atomic E-state index is 0.745. The second-order valence-electron chi connectivity index (χ2n) is 4.89. The third-order valence-corrected chi connectivity index (χ3v) is 4.58. The Labute approximate surface area is 140 Å². The van der Waals surface area contributed by atoms with Crippen molar-refractivity contribution in [3.8, 4) is 0 Å². The first-order chi connectivity index (χ1) is 10.8. The number of amidine groups is 1. The van der Waals surface area contributed by atoms with Crippen molar-refractivity contribution in [3.05, 3.63) is 59.6 Å². The number of rotatable bonds is 2. The summed E-state index contributed by atoms with van der Waals surface area (Å²) in [6.07, 6.45) is 0. The number of hydrogen-bond acceptors (Lipinski definition) is 3.